The molecule has 0 spiro atoms. The third-order valence-electron chi connectivity index (χ3n) is 2.97. The zero-order valence-corrected chi connectivity index (χ0v) is 12.2. The fourth-order valence-corrected chi connectivity index (χ4v) is 2.04. The van der Waals surface area contributed by atoms with E-state index in [0.29, 0.717) is 18.4 Å². The molecular weight excluding hydrogens is 228 g/mol. The van der Waals surface area contributed by atoms with Gasteiger partial charge in [-0.05, 0) is 30.8 Å². The maximum Gasteiger partial charge on any atom is 0.266 e. The average molecular weight is 254 g/mol. The predicted molar refractivity (Wildman–Crippen MR) is 73.7 cm³/mol. The summed E-state index contributed by atoms with van der Waals surface area (Å²) >= 11 is 0. The molecule has 0 aliphatic heterocycles. The third-order valence-corrected chi connectivity index (χ3v) is 2.97. The highest BCUT2D eigenvalue weighted by molar-refractivity contribution is 5.27. The van der Waals surface area contributed by atoms with Crippen molar-refractivity contribution < 1.29 is 4.52 Å². The minimum atomic E-state index is 0.141. The van der Waals surface area contributed by atoms with Crippen molar-refractivity contribution in [2.45, 2.75) is 47.0 Å². The topological polar surface area (TPSA) is 68.2 Å². The van der Waals surface area contributed by atoms with Crippen LogP contribution < -0.4 is 10.6 Å². The Bertz CT molecular complexity index is 352. The van der Waals surface area contributed by atoms with Gasteiger partial charge >= 0.3 is 0 Å². The van der Waals surface area contributed by atoms with E-state index >= 15 is 0 Å². The molecule has 1 aromatic heterocycles. The Morgan fingerprint density at radius 1 is 1.28 bits per heavy atom. The van der Waals surface area contributed by atoms with Gasteiger partial charge in [-0.25, -0.2) is 0 Å². The quantitative estimate of drug-likeness (QED) is 0.844. The SMILES string of the molecule is CCN(CC)c1noc(C(CN)CC(C)(C)C)n1. The van der Waals surface area contributed by atoms with Gasteiger partial charge in [-0.2, -0.15) is 4.98 Å². The fraction of sp³-hybridized carbons (Fsp3) is 0.846. The molecule has 1 rings (SSSR count). The number of hydrogen-bond donors (Lipinski definition) is 1. The van der Waals surface area contributed by atoms with Crippen LogP contribution in [0.15, 0.2) is 4.52 Å². The maximum absolute atomic E-state index is 5.82. The molecule has 1 heterocycles. The van der Waals surface area contributed by atoms with Gasteiger partial charge in [0.15, 0.2) is 0 Å². The Hall–Kier alpha value is -1.10. The highest BCUT2D eigenvalue weighted by Crippen LogP contribution is 2.30. The molecule has 1 atom stereocenters. The van der Waals surface area contributed by atoms with Gasteiger partial charge in [0.25, 0.3) is 5.95 Å². The molecule has 0 radical (unpaired) electrons. The molecule has 0 saturated heterocycles. The van der Waals surface area contributed by atoms with E-state index < -0.39 is 0 Å². The van der Waals surface area contributed by atoms with Crippen LogP contribution in [0.25, 0.3) is 0 Å². The maximum atomic E-state index is 5.82. The van der Waals surface area contributed by atoms with Crippen molar-refractivity contribution in [1.82, 2.24) is 10.1 Å². The molecule has 0 saturated carbocycles. The number of nitrogens with two attached hydrogens (primary N) is 1. The predicted octanol–water partition coefficient (Wildman–Crippen LogP) is 2.39. The standard InChI is InChI=1S/C13H26N4O/c1-6-17(7-2)12-15-11(18-16-12)10(9-14)8-13(3,4)5/h10H,6-9,14H2,1-5H3. The van der Waals surface area contributed by atoms with Gasteiger partial charge in [0.1, 0.15) is 0 Å². The molecule has 0 aliphatic carbocycles. The fourth-order valence-electron chi connectivity index (χ4n) is 2.04. The van der Waals surface area contributed by atoms with E-state index in [-0.39, 0.29) is 11.3 Å². The first-order valence-corrected chi connectivity index (χ1v) is 6.69. The second-order valence-corrected chi connectivity index (χ2v) is 5.80. The number of hydrogen-bond acceptors (Lipinski definition) is 5. The van der Waals surface area contributed by atoms with Crippen molar-refractivity contribution in [1.29, 1.82) is 0 Å². The number of aromatic nitrogens is 2. The Labute approximate surface area is 110 Å². The third kappa shape index (κ3) is 3.98. The lowest BCUT2D eigenvalue weighted by Gasteiger charge is -2.22. The molecule has 5 nitrogen and oxygen atoms in total. The van der Waals surface area contributed by atoms with Gasteiger partial charge in [-0.15, -0.1) is 0 Å². The Balaban J connectivity index is 2.82. The van der Waals surface area contributed by atoms with E-state index in [1.807, 2.05) is 0 Å². The molecule has 2 N–H and O–H groups in total. The Morgan fingerprint density at radius 3 is 2.33 bits per heavy atom. The van der Waals surface area contributed by atoms with Crippen LogP contribution in [0, 0.1) is 5.41 Å². The summed E-state index contributed by atoms with van der Waals surface area (Å²) in [6.07, 6.45) is 0.948. The molecule has 104 valence electrons. The second kappa shape index (κ2) is 6.18. The highest BCUT2D eigenvalue weighted by atomic mass is 16.5. The van der Waals surface area contributed by atoms with Crippen molar-refractivity contribution in [3.05, 3.63) is 5.89 Å². The average Bonchev–Trinajstić information content (AvgIpc) is 2.76. The minimum Gasteiger partial charge on any atom is -0.339 e. The molecule has 0 fully saturated rings. The van der Waals surface area contributed by atoms with Crippen molar-refractivity contribution in [3.63, 3.8) is 0 Å². The molecule has 0 bridgehead atoms. The van der Waals surface area contributed by atoms with Crippen molar-refractivity contribution in [2.75, 3.05) is 24.5 Å². The van der Waals surface area contributed by atoms with E-state index in [1.54, 1.807) is 0 Å². The van der Waals surface area contributed by atoms with Crippen LogP contribution in [0.4, 0.5) is 5.95 Å². The van der Waals surface area contributed by atoms with Gasteiger partial charge in [0.05, 0.1) is 5.92 Å². The van der Waals surface area contributed by atoms with E-state index in [4.69, 9.17) is 10.3 Å². The summed E-state index contributed by atoms with van der Waals surface area (Å²) in [6.45, 7) is 13.0. The molecule has 18 heavy (non-hydrogen) atoms. The first-order valence-electron chi connectivity index (χ1n) is 6.69. The summed E-state index contributed by atoms with van der Waals surface area (Å²) in [5, 5.41) is 4.04. The van der Waals surface area contributed by atoms with Gasteiger partial charge in [-0.3, -0.25) is 0 Å². The summed E-state index contributed by atoms with van der Waals surface area (Å²) in [7, 11) is 0. The Kier molecular flexibility index (Phi) is 5.14. The molecule has 1 unspecified atom stereocenters. The second-order valence-electron chi connectivity index (χ2n) is 5.80. The first-order chi connectivity index (χ1) is 8.41. The van der Waals surface area contributed by atoms with Gasteiger partial charge in [-0.1, -0.05) is 20.8 Å². The number of anilines is 1. The summed E-state index contributed by atoms with van der Waals surface area (Å²) in [4.78, 5) is 6.54. The summed E-state index contributed by atoms with van der Waals surface area (Å²) < 4.78 is 5.37. The minimum absolute atomic E-state index is 0.141. The Morgan fingerprint density at radius 2 is 1.89 bits per heavy atom. The van der Waals surface area contributed by atoms with E-state index in [0.717, 1.165) is 19.5 Å². The molecule has 0 aromatic carbocycles. The highest BCUT2D eigenvalue weighted by Gasteiger charge is 2.24. The summed E-state index contributed by atoms with van der Waals surface area (Å²) in [6, 6.07) is 0. The lowest BCUT2D eigenvalue weighted by molar-refractivity contribution is 0.287. The normalized spacial score (nSPS) is 13.7. The van der Waals surface area contributed by atoms with Gasteiger partial charge in [0, 0.05) is 19.6 Å². The smallest absolute Gasteiger partial charge is 0.266 e. The largest absolute Gasteiger partial charge is 0.339 e. The van der Waals surface area contributed by atoms with Gasteiger partial charge in [0.2, 0.25) is 5.89 Å². The van der Waals surface area contributed by atoms with Crippen molar-refractivity contribution >= 4 is 5.95 Å². The number of nitrogens with zero attached hydrogens (tertiary/aromatic N) is 3. The first kappa shape index (κ1) is 15.0. The molecule has 0 aliphatic rings. The lowest BCUT2D eigenvalue weighted by atomic mass is 9.84. The van der Waals surface area contributed by atoms with E-state index in [9.17, 15) is 0 Å². The van der Waals surface area contributed by atoms with Crippen LogP contribution in [0.2, 0.25) is 0 Å². The van der Waals surface area contributed by atoms with Crippen LogP contribution >= 0.6 is 0 Å². The summed E-state index contributed by atoms with van der Waals surface area (Å²) in [5.41, 5.74) is 6.02. The molecule has 0 amide bonds. The van der Waals surface area contributed by atoms with Crippen LogP contribution in [0.5, 0.6) is 0 Å². The number of rotatable bonds is 6. The van der Waals surface area contributed by atoms with E-state index in [1.165, 1.54) is 0 Å². The molecule has 5 heteroatoms. The van der Waals surface area contributed by atoms with Crippen LogP contribution in [-0.2, 0) is 0 Å². The monoisotopic (exact) mass is 254 g/mol. The van der Waals surface area contributed by atoms with Crippen LogP contribution in [0.1, 0.15) is 52.8 Å². The molecular formula is C13H26N4O. The van der Waals surface area contributed by atoms with Crippen molar-refractivity contribution in [3.8, 4) is 0 Å². The van der Waals surface area contributed by atoms with Crippen molar-refractivity contribution in [2.24, 2.45) is 11.1 Å². The van der Waals surface area contributed by atoms with E-state index in [2.05, 4.69) is 49.7 Å². The van der Waals surface area contributed by atoms with Crippen LogP contribution in [0.3, 0.4) is 0 Å². The lowest BCUT2D eigenvalue weighted by Crippen LogP contribution is -2.23. The summed E-state index contributed by atoms with van der Waals surface area (Å²) in [5.74, 6) is 1.47. The van der Waals surface area contributed by atoms with Gasteiger partial charge < -0.3 is 15.2 Å². The molecule has 1 aromatic rings. The zero-order valence-electron chi connectivity index (χ0n) is 12.2. The zero-order chi connectivity index (χ0) is 13.8. The van der Waals surface area contributed by atoms with Crippen LogP contribution in [-0.4, -0.2) is 29.8 Å².